The van der Waals surface area contributed by atoms with Crippen LogP contribution in [0.15, 0.2) is 12.1 Å². The summed E-state index contributed by atoms with van der Waals surface area (Å²) in [6, 6.07) is 3.36. The minimum Gasteiger partial charge on any atom is -0.493 e. The van der Waals surface area contributed by atoms with Crippen LogP contribution in [0, 0.1) is 5.92 Å². The van der Waals surface area contributed by atoms with Gasteiger partial charge in [-0.3, -0.25) is 4.79 Å². The number of carbonyl (C=O) groups is 1. The normalized spacial score (nSPS) is 20.4. The van der Waals surface area contributed by atoms with Crippen molar-refractivity contribution < 1.29 is 19.4 Å². The van der Waals surface area contributed by atoms with Gasteiger partial charge in [0.1, 0.15) is 0 Å². The zero-order chi connectivity index (χ0) is 18.4. The molecule has 5 nitrogen and oxygen atoms in total. The van der Waals surface area contributed by atoms with E-state index in [1.165, 1.54) is 7.11 Å². The van der Waals surface area contributed by atoms with Gasteiger partial charge in [-0.05, 0) is 50.2 Å². The number of amides is 1. The number of aliphatic hydroxyl groups excluding tert-OH is 1. The van der Waals surface area contributed by atoms with Crippen molar-refractivity contribution in [3.8, 4) is 11.5 Å². The van der Waals surface area contributed by atoms with Crippen molar-refractivity contribution >= 4 is 17.5 Å². The molecule has 0 spiro atoms. The summed E-state index contributed by atoms with van der Waals surface area (Å²) in [6.45, 7) is 4.80. The van der Waals surface area contributed by atoms with E-state index in [4.69, 9.17) is 21.1 Å². The van der Waals surface area contributed by atoms with Crippen LogP contribution in [0.5, 0.6) is 11.5 Å². The molecule has 0 unspecified atom stereocenters. The first-order valence-electron chi connectivity index (χ1n) is 8.90. The fourth-order valence-corrected chi connectivity index (χ4v) is 3.14. The number of aliphatic hydroxyl groups is 1. The molecular weight excluding hydrogens is 342 g/mol. The molecule has 1 aromatic carbocycles. The highest BCUT2D eigenvalue weighted by Gasteiger charge is 2.22. The third-order valence-corrected chi connectivity index (χ3v) is 4.75. The van der Waals surface area contributed by atoms with Crippen molar-refractivity contribution in [1.29, 1.82) is 0 Å². The predicted octanol–water partition coefficient (Wildman–Crippen LogP) is 3.81. The van der Waals surface area contributed by atoms with Gasteiger partial charge in [0.25, 0.3) is 5.91 Å². The van der Waals surface area contributed by atoms with E-state index in [1.54, 1.807) is 12.1 Å². The van der Waals surface area contributed by atoms with E-state index < -0.39 is 0 Å². The average Bonchev–Trinajstić information content (AvgIpc) is 2.57. The molecular formula is C19H28ClNO4. The summed E-state index contributed by atoms with van der Waals surface area (Å²) >= 11 is 6.32. The maximum Gasteiger partial charge on any atom is 0.251 e. The van der Waals surface area contributed by atoms with Gasteiger partial charge in [-0.15, -0.1) is 0 Å². The number of halogens is 1. The molecule has 1 amide bonds. The third-order valence-electron chi connectivity index (χ3n) is 4.47. The van der Waals surface area contributed by atoms with E-state index >= 15 is 0 Å². The van der Waals surface area contributed by atoms with E-state index in [-0.39, 0.29) is 18.1 Å². The highest BCUT2D eigenvalue weighted by Crippen LogP contribution is 2.36. The maximum absolute atomic E-state index is 12.5. The van der Waals surface area contributed by atoms with Gasteiger partial charge in [0.15, 0.2) is 11.5 Å². The second-order valence-electron chi connectivity index (χ2n) is 7.00. The summed E-state index contributed by atoms with van der Waals surface area (Å²) in [6.07, 6.45) is 3.68. The molecule has 1 aliphatic carbocycles. The molecule has 25 heavy (non-hydrogen) atoms. The van der Waals surface area contributed by atoms with Crippen molar-refractivity contribution in [2.75, 3.05) is 13.7 Å². The van der Waals surface area contributed by atoms with Gasteiger partial charge in [0.05, 0.1) is 24.8 Å². The number of nitrogens with one attached hydrogen (secondary N) is 1. The summed E-state index contributed by atoms with van der Waals surface area (Å²) in [7, 11) is 1.53. The van der Waals surface area contributed by atoms with Crippen LogP contribution in [0.2, 0.25) is 5.02 Å². The molecule has 1 aromatic rings. The van der Waals surface area contributed by atoms with Crippen LogP contribution >= 0.6 is 11.6 Å². The third kappa shape index (κ3) is 5.79. The number of ether oxygens (including phenoxy) is 2. The monoisotopic (exact) mass is 369 g/mol. The Kier molecular flexibility index (Phi) is 7.38. The van der Waals surface area contributed by atoms with Gasteiger partial charge in [0, 0.05) is 11.6 Å². The van der Waals surface area contributed by atoms with Gasteiger partial charge < -0.3 is 19.9 Å². The first kappa shape index (κ1) is 19.9. The maximum atomic E-state index is 12.5. The second kappa shape index (κ2) is 9.30. The molecule has 1 fully saturated rings. The summed E-state index contributed by atoms with van der Waals surface area (Å²) < 4.78 is 11.1. The first-order valence-corrected chi connectivity index (χ1v) is 9.27. The highest BCUT2D eigenvalue weighted by atomic mass is 35.5. The number of benzene rings is 1. The van der Waals surface area contributed by atoms with Gasteiger partial charge in [-0.2, -0.15) is 0 Å². The Morgan fingerprint density at radius 2 is 2.00 bits per heavy atom. The first-order chi connectivity index (χ1) is 11.9. The molecule has 0 radical (unpaired) electrons. The van der Waals surface area contributed by atoms with Gasteiger partial charge in [-0.1, -0.05) is 25.4 Å². The van der Waals surface area contributed by atoms with Crippen molar-refractivity contribution in [2.45, 2.75) is 58.1 Å². The minimum absolute atomic E-state index is 0.0858. The standard InChI is InChI=1S/C19H28ClNO4/c1-12(2)8-9-25-18-16(20)10-13(11-17(18)24-3)19(23)21-14-4-6-15(22)7-5-14/h10-12,14-15,22H,4-9H2,1-3H3,(H,21,23). The summed E-state index contributed by atoms with van der Waals surface area (Å²) in [5.74, 6) is 1.28. The van der Waals surface area contributed by atoms with Crippen LogP contribution in [0.4, 0.5) is 0 Å². The Bertz CT molecular complexity index is 583. The predicted molar refractivity (Wildman–Crippen MR) is 98.7 cm³/mol. The summed E-state index contributed by atoms with van der Waals surface area (Å²) in [5, 5.41) is 12.9. The molecule has 0 bridgehead atoms. The lowest BCUT2D eigenvalue weighted by Gasteiger charge is -2.26. The van der Waals surface area contributed by atoms with Crippen LogP contribution in [0.3, 0.4) is 0 Å². The summed E-state index contributed by atoms with van der Waals surface area (Å²) in [5.41, 5.74) is 0.448. The highest BCUT2D eigenvalue weighted by molar-refractivity contribution is 6.32. The molecule has 2 rings (SSSR count). The van der Waals surface area contributed by atoms with E-state index in [1.807, 2.05) is 0 Å². The number of hydrogen-bond acceptors (Lipinski definition) is 4. The molecule has 0 heterocycles. The van der Waals surface area contributed by atoms with Crippen LogP contribution in [0.25, 0.3) is 0 Å². The molecule has 140 valence electrons. The molecule has 0 aromatic heterocycles. The Balaban J connectivity index is 2.05. The minimum atomic E-state index is -0.245. The molecule has 6 heteroatoms. The SMILES string of the molecule is COc1cc(C(=O)NC2CCC(O)CC2)cc(Cl)c1OCCC(C)C. The zero-order valence-electron chi connectivity index (χ0n) is 15.2. The van der Waals surface area contributed by atoms with Crippen LogP contribution in [0.1, 0.15) is 56.3 Å². The van der Waals surface area contributed by atoms with Crippen LogP contribution in [-0.2, 0) is 0 Å². The molecule has 0 atom stereocenters. The zero-order valence-corrected chi connectivity index (χ0v) is 15.9. The molecule has 0 aliphatic heterocycles. The fraction of sp³-hybridized carbons (Fsp3) is 0.632. The number of rotatable bonds is 7. The van der Waals surface area contributed by atoms with Crippen molar-refractivity contribution in [2.24, 2.45) is 5.92 Å². The van der Waals surface area contributed by atoms with Crippen LogP contribution < -0.4 is 14.8 Å². The lowest BCUT2D eigenvalue weighted by molar-refractivity contribution is 0.0867. The van der Waals surface area contributed by atoms with E-state index in [0.717, 1.165) is 32.1 Å². The van der Waals surface area contributed by atoms with Gasteiger partial charge in [0.2, 0.25) is 0 Å². The van der Waals surface area contributed by atoms with Crippen molar-refractivity contribution in [1.82, 2.24) is 5.32 Å². The Hall–Kier alpha value is -1.46. The lowest BCUT2D eigenvalue weighted by atomic mass is 9.93. The van der Waals surface area contributed by atoms with Crippen LogP contribution in [-0.4, -0.2) is 36.9 Å². The smallest absolute Gasteiger partial charge is 0.251 e. The van der Waals surface area contributed by atoms with Gasteiger partial charge in [-0.25, -0.2) is 0 Å². The van der Waals surface area contributed by atoms with Crippen molar-refractivity contribution in [3.05, 3.63) is 22.7 Å². The largest absolute Gasteiger partial charge is 0.493 e. The van der Waals surface area contributed by atoms with Crippen molar-refractivity contribution in [3.63, 3.8) is 0 Å². The average molecular weight is 370 g/mol. The fourth-order valence-electron chi connectivity index (χ4n) is 2.88. The Morgan fingerprint density at radius 1 is 1.32 bits per heavy atom. The molecule has 2 N–H and O–H groups in total. The molecule has 0 saturated heterocycles. The number of methoxy groups -OCH3 is 1. The van der Waals surface area contributed by atoms with E-state index in [9.17, 15) is 9.90 Å². The molecule has 1 aliphatic rings. The number of hydrogen-bond donors (Lipinski definition) is 2. The summed E-state index contributed by atoms with van der Waals surface area (Å²) in [4.78, 5) is 12.5. The Morgan fingerprint density at radius 3 is 2.60 bits per heavy atom. The quantitative estimate of drug-likeness (QED) is 0.767. The second-order valence-corrected chi connectivity index (χ2v) is 7.41. The van der Waals surface area contributed by atoms with E-state index in [0.29, 0.717) is 34.6 Å². The Labute approximate surface area is 154 Å². The lowest BCUT2D eigenvalue weighted by Crippen LogP contribution is -2.38. The van der Waals surface area contributed by atoms with Gasteiger partial charge >= 0.3 is 0 Å². The molecule has 1 saturated carbocycles. The topological polar surface area (TPSA) is 67.8 Å². The van der Waals surface area contributed by atoms with E-state index in [2.05, 4.69) is 19.2 Å². The number of carbonyl (C=O) groups excluding carboxylic acids is 1.